The van der Waals surface area contributed by atoms with Gasteiger partial charge in [0, 0.05) is 31.8 Å². The van der Waals surface area contributed by atoms with E-state index in [-0.39, 0.29) is 11.4 Å². The highest BCUT2D eigenvalue weighted by Gasteiger charge is 2.25. The quantitative estimate of drug-likeness (QED) is 0.794. The molecule has 1 fully saturated rings. The van der Waals surface area contributed by atoms with Crippen LogP contribution in [0, 0.1) is 11.6 Å². The molecule has 150 valence electrons. The van der Waals surface area contributed by atoms with Gasteiger partial charge < -0.3 is 10.4 Å². The van der Waals surface area contributed by atoms with Crippen LogP contribution in [0.25, 0.3) is 0 Å². The van der Waals surface area contributed by atoms with Crippen molar-refractivity contribution in [1.29, 1.82) is 0 Å². The average molecular weight is 410 g/mol. The first-order valence-corrected chi connectivity index (χ1v) is 10.3. The van der Waals surface area contributed by atoms with Gasteiger partial charge in [0.15, 0.2) is 0 Å². The molecular weight excluding hydrogens is 390 g/mol. The lowest BCUT2D eigenvalue weighted by Crippen LogP contribution is -2.35. The summed E-state index contributed by atoms with van der Waals surface area (Å²) in [5.41, 5.74) is -0.0568. The summed E-state index contributed by atoms with van der Waals surface area (Å²) in [5.74, 6) is -3.85. The van der Waals surface area contributed by atoms with Crippen LogP contribution in [0.5, 0.6) is 5.75 Å². The molecule has 2 aromatic rings. The SMILES string of the molecule is O=C(NCc1ccc(S(=O)(=O)N2CCCCC2)cc1)c1c(O)cc(F)cc1F. The maximum Gasteiger partial charge on any atom is 0.258 e. The number of piperidine rings is 1. The number of sulfonamides is 1. The number of nitrogens with zero attached hydrogens (tertiary/aromatic N) is 1. The lowest BCUT2D eigenvalue weighted by atomic mass is 10.1. The van der Waals surface area contributed by atoms with E-state index in [1.807, 2.05) is 0 Å². The average Bonchev–Trinajstić information content (AvgIpc) is 2.66. The molecule has 0 radical (unpaired) electrons. The van der Waals surface area contributed by atoms with Gasteiger partial charge in [-0.3, -0.25) is 4.79 Å². The highest BCUT2D eigenvalue weighted by Crippen LogP contribution is 2.23. The highest BCUT2D eigenvalue weighted by molar-refractivity contribution is 7.89. The lowest BCUT2D eigenvalue weighted by Gasteiger charge is -2.25. The summed E-state index contributed by atoms with van der Waals surface area (Å²) in [5, 5.41) is 12.0. The van der Waals surface area contributed by atoms with E-state index >= 15 is 0 Å². The Bertz CT molecular complexity index is 949. The fourth-order valence-corrected chi connectivity index (χ4v) is 4.61. The molecule has 0 aliphatic carbocycles. The molecule has 1 heterocycles. The molecule has 1 aliphatic heterocycles. The van der Waals surface area contributed by atoms with Crippen molar-refractivity contribution >= 4 is 15.9 Å². The standard InChI is InChI=1S/C19H20F2N2O4S/c20-14-10-16(21)18(17(24)11-14)19(25)22-12-13-4-6-15(7-5-13)28(26,27)23-8-2-1-3-9-23/h4-7,10-11,24H,1-3,8-9,12H2,(H,22,25). The summed E-state index contributed by atoms with van der Waals surface area (Å²) in [6.45, 7) is 0.999. The van der Waals surface area contributed by atoms with Gasteiger partial charge in [0.2, 0.25) is 10.0 Å². The van der Waals surface area contributed by atoms with Crippen LogP contribution in [-0.2, 0) is 16.6 Å². The van der Waals surface area contributed by atoms with Gasteiger partial charge in [0.1, 0.15) is 22.9 Å². The zero-order valence-electron chi connectivity index (χ0n) is 15.0. The van der Waals surface area contributed by atoms with E-state index in [0.717, 1.165) is 19.3 Å². The molecule has 6 nitrogen and oxygen atoms in total. The van der Waals surface area contributed by atoms with Crippen LogP contribution in [0.1, 0.15) is 35.2 Å². The van der Waals surface area contributed by atoms with Crippen molar-refractivity contribution < 1.29 is 27.1 Å². The van der Waals surface area contributed by atoms with E-state index in [0.29, 0.717) is 30.8 Å². The van der Waals surface area contributed by atoms with Crippen LogP contribution in [0.15, 0.2) is 41.3 Å². The summed E-state index contributed by atoms with van der Waals surface area (Å²) in [6, 6.07) is 7.19. The van der Waals surface area contributed by atoms with Crippen LogP contribution in [-0.4, -0.2) is 36.8 Å². The van der Waals surface area contributed by atoms with E-state index in [2.05, 4.69) is 5.32 Å². The van der Waals surface area contributed by atoms with E-state index in [4.69, 9.17) is 0 Å². The van der Waals surface area contributed by atoms with Crippen LogP contribution >= 0.6 is 0 Å². The second-order valence-electron chi connectivity index (χ2n) is 6.57. The predicted octanol–water partition coefficient (Wildman–Crippen LogP) is 2.78. The second-order valence-corrected chi connectivity index (χ2v) is 8.51. The van der Waals surface area contributed by atoms with Gasteiger partial charge in [-0.05, 0) is 30.5 Å². The van der Waals surface area contributed by atoms with Crippen LogP contribution in [0.2, 0.25) is 0 Å². The molecular formula is C19H20F2N2O4S. The van der Waals surface area contributed by atoms with Gasteiger partial charge in [0.05, 0.1) is 4.90 Å². The highest BCUT2D eigenvalue weighted by atomic mass is 32.2. The van der Waals surface area contributed by atoms with Crippen molar-refractivity contribution in [2.75, 3.05) is 13.1 Å². The van der Waals surface area contributed by atoms with Gasteiger partial charge in [-0.2, -0.15) is 4.31 Å². The van der Waals surface area contributed by atoms with E-state index in [1.165, 1.54) is 16.4 Å². The van der Waals surface area contributed by atoms with Gasteiger partial charge in [0.25, 0.3) is 5.91 Å². The number of nitrogens with one attached hydrogen (secondary N) is 1. The molecule has 28 heavy (non-hydrogen) atoms. The van der Waals surface area contributed by atoms with Gasteiger partial charge in [-0.1, -0.05) is 18.6 Å². The molecule has 0 aromatic heterocycles. The first-order valence-electron chi connectivity index (χ1n) is 8.84. The summed E-state index contributed by atoms with van der Waals surface area (Å²) in [4.78, 5) is 12.2. The van der Waals surface area contributed by atoms with Crippen molar-refractivity contribution in [2.45, 2.75) is 30.7 Å². The number of rotatable bonds is 5. The molecule has 0 saturated carbocycles. The molecule has 1 saturated heterocycles. The number of halogens is 2. The molecule has 0 unspecified atom stereocenters. The molecule has 0 spiro atoms. The minimum absolute atomic E-state index is 0.0148. The Balaban J connectivity index is 1.67. The topological polar surface area (TPSA) is 86.7 Å². The molecule has 3 rings (SSSR count). The van der Waals surface area contributed by atoms with Crippen molar-refractivity contribution in [3.05, 3.63) is 59.2 Å². The largest absolute Gasteiger partial charge is 0.507 e. The second kappa shape index (κ2) is 8.24. The maximum atomic E-state index is 13.7. The first kappa shape index (κ1) is 20.2. The molecule has 1 amide bonds. The number of phenolic OH excluding ortho intramolecular Hbond substituents is 1. The number of hydrogen-bond donors (Lipinski definition) is 2. The van der Waals surface area contributed by atoms with Crippen molar-refractivity contribution in [3.63, 3.8) is 0 Å². The number of carbonyl (C=O) groups excluding carboxylic acids is 1. The van der Waals surface area contributed by atoms with Gasteiger partial charge in [-0.15, -0.1) is 0 Å². The minimum atomic E-state index is -3.54. The van der Waals surface area contributed by atoms with Crippen LogP contribution in [0.4, 0.5) is 8.78 Å². The third-order valence-corrected chi connectivity index (χ3v) is 6.50. The lowest BCUT2D eigenvalue weighted by molar-refractivity contribution is 0.0943. The Morgan fingerprint density at radius 3 is 2.32 bits per heavy atom. The Labute approximate surface area is 161 Å². The minimum Gasteiger partial charge on any atom is -0.507 e. The van der Waals surface area contributed by atoms with Crippen molar-refractivity contribution in [2.24, 2.45) is 0 Å². The fourth-order valence-electron chi connectivity index (χ4n) is 3.09. The number of aromatic hydroxyl groups is 1. The Hall–Kier alpha value is -2.52. The zero-order valence-corrected chi connectivity index (χ0v) is 15.8. The Morgan fingerprint density at radius 1 is 1.07 bits per heavy atom. The van der Waals surface area contributed by atoms with Crippen molar-refractivity contribution in [3.8, 4) is 5.75 Å². The monoisotopic (exact) mass is 410 g/mol. The fraction of sp³-hybridized carbons (Fsp3) is 0.316. The molecule has 2 aromatic carbocycles. The normalized spacial score (nSPS) is 15.4. The summed E-state index contributed by atoms with van der Waals surface area (Å²) in [7, 11) is -3.54. The molecule has 1 aliphatic rings. The number of hydrogen-bond acceptors (Lipinski definition) is 4. The van der Waals surface area contributed by atoms with E-state index in [9.17, 15) is 27.1 Å². The van der Waals surface area contributed by atoms with Crippen LogP contribution < -0.4 is 5.32 Å². The summed E-state index contributed by atoms with van der Waals surface area (Å²) >= 11 is 0. The number of phenols is 1. The number of benzene rings is 2. The summed E-state index contributed by atoms with van der Waals surface area (Å²) in [6.07, 6.45) is 2.71. The Kier molecular flexibility index (Phi) is 5.95. The van der Waals surface area contributed by atoms with Gasteiger partial charge >= 0.3 is 0 Å². The predicted molar refractivity (Wildman–Crippen MR) is 98.2 cm³/mol. The van der Waals surface area contributed by atoms with Gasteiger partial charge in [-0.25, -0.2) is 17.2 Å². The molecule has 9 heteroatoms. The third kappa shape index (κ3) is 4.31. The third-order valence-electron chi connectivity index (χ3n) is 4.59. The van der Waals surface area contributed by atoms with Crippen LogP contribution in [0.3, 0.4) is 0 Å². The Morgan fingerprint density at radius 2 is 1.71 bits per heavy atom. The van der Waals surface area contributed by atoms with Crippen molar-refractivity contribution in [1.82, 2.24) is 9.62 Å². The number of carbonyl (C=O) groups is 1. The molecule has 2 N–H and O–H groups in total. The summed E-state index contributed by atoms with van der Waals surface area (Å²) < 4.78 is 53.4. The molecule has 0 atom stereocenters. The van der Waals surface area contributed by atoms with E-state index < -0.39 is 38.9 Å². The smallest absolute Gasteiger partial charge is 0.258 e. The molecule has 0 bridgehead atoms. The van der Waals surface area contributed by atoms with E-state index in [1.54, 1.807) is 12.1 Å². The maximum absolute atomic E-state index is 13.7. The number of amides is 1. The first-order chi connectivity index (χ1) is 13.3. The zero-order chi connectivity index (χ0) is 20.3.